The minimum Gasteiger partial charge on any atom is -0.296 e. The van der Waals surface area contributed by atoms with Gasteiger partial charge >= 0.3 is 0 Å². The van der Waals surface area contributed by atoms with Gasteiger partial charge in [-0.05, 0) is 56.0 Å². The molecule has 0 saturated heterocycles. The molecule has 3 aromatic rings. The Morgan fingerprint density at radius 3 is 2.41 bits per heavy atom. The Labute approximate surface area is 175 Å². The van der Waals surface area contributed by atoms with Crippen LogP contribution in [0.25, 0.3) is 0 Å². The van der Waals surface area contributed by atoms with Gasteiger partial charge in [0.05, 0.1) is 11.4 Å². The number of hydrogen-bond acceptors (Lipinski definition) is 6. The first-order valence-corrected chi connectivity index (χ1v) is 11.7. The van der Waals surface area contributed by atoms with E-state index in [0.29, 0.717) is 12.1 Å². The number of rotatable bonds is 6. The molecule has 0 unspecified atom stereocenters. The molecule has 2 aromatic heterocycles. The van der Waals surface area contributed by atoms with Crippen molar-refractivity contribution in [3.05, 3.63) is 70.2 Å². The summed E-state index contributed by atoms with van der Waals surface area (Å²) in [6.45, 7) is 7.70. The molecule has 0 atom stereocenters. The molecule has 29 heavy (non-hydrogen) atoms. The molecule has 152 valence electrons. The first-order chi connectivity index (χ1) is 13.7. The minimum absolute atomic E-state index is 0.0895. The van der Waals surface area contributed by atoms with E-state index in [0.717, 1.165) is 33.6 Å². The summed E-state index contributed by atoms with van der Waals surface area (Å²) in [5.41, 5.74) is 4.54. The van der Waals surface area contributed by atoms with E-state index in [9.17, 15) is 13.2 Å². The first kappa shape index (κ1) is 21.1. The van der Waals surface area contributed by atoms with Gasteiger partial charge in [0, 0.05) is 6.20 Å². The van der Waals surface area contributed by atoms with Gasteiger partial charge in [-0.15, -0.1) is 0 Å². The molecule has 0 bridgehead atoms. The molecule has 1 N–H and O–H groups in total. The van der Waals surface area contributed by atoms with Gasteiger partial charge in [0.25, 0.3) is 5.91 Å². The summed E-state index contributed by atoms with van der Waals surface area (Å²) in [6, 6.07) is 9.00. The lowest BCUT2D eigenvalue weighted by molar-refractivity contribution is 0.102. The number of hydrogen-bond donors (Lipinski definition) is 1. The molecule has 0 fully saturated rings. The molecule has 0 saturated carbocycles. The lowest BCUT2D eigenvalue weighted by Gasteiger charge is -2.11. The van der Waals surface area contributed by atoms with Crippen LogP contribution < -0.4 is 5.32 Å². The molecular formula is C21H23N3O3S2. The van der Waals surface area contributed by atoms with Gasteiger partial charge in [-0.3, -0.25) is 15.1 Å². The number of carbonyl (C=O) groups excluding carboxylic acids is 1. The monoisotopic (exact) mass is 429 g/mol. The minimum atomic E-state index is -3.60. The van der Waals surface area contributed by atoms with Gasteiger partial charge in [0.2, 0.25) is 0 Å². The number of anilines is 1. The normalized spacial score (nSPS) is 11.4. The summed E-state index contributed by atoms with van der Waals surface area (Å²) in [7, 11) is -3.60. The number of thiazole rings is 1. The number of aryl methyl sites for hydroxylation is 4. The Morgan fingerprint density at radius 2 is 1.83 bits per heavy atom. The fourth-order valence-corrected chi connectivity index (χ4v) is 6.43. The number of pyridine rings is 1. The van der Waals surface area contributed by atoms with E-state index in [2.05, 4.69) is 15.3 Å². The van der Waals surface area contributed by atoms with Gasteiger partial charge in [0.1, 0.15) is 9.90 Å². The van der Waals surface area contributed by atoms with Gasteiger partial charge in [-0.25, -0.2) is 13.4 Å². The lowest BCUT2D eigenvalue weighted by Crippen LogP contribution is -2.13. The second kappa shape index (κ2) is 8.42. The van der Waals surface area contributed by atoms with Crippen LogP contribution in [0.15, 0.2) is 40.7 Å². The van der Waals surface area contributed by atoms with Gasteiger partial charge in [-0.1, -0.05) is 42.0 Å². The summed E-state index contributed by atoms with van der Waals surface area (Å²) in [5.74, 6) is -0.510. The van der Waals surface area contributed by atoms with Crippen molar-refractivity contribution >= 4 is 32.2 Å². The number of nitrogens with zero attached hydrogens (tertiary/aromatic N) is 2. The number of amides is 1. The Bertz CT molecular complexity index is 1130. The molecule has 0 aliphatic carbocycles. The summed E-state index contributed by atoms with van der Waals surface area (Å²) in [6.07, 6.45) is 1.98. The predicted molar refractivity (Wildman–Crippen MR) is 115 cm³/mol. The quantitative estimate of drug-likeness (QED) is 0.633. The standard InChI is InChI=1S/C21H23N3O3S2/c1-5-17-20(28-21(23-17)24-19(25)18-8-6-7-9-22-18)29(26,27)12-16-14(3)10-13(2)11-15(16)4/h6-11H,5,12H2,1-4H3,(H,23,24,25). The van der Waals surface area contributed by atoms with E-state index in [1.807, 2.05) is 39.8 Å². The van der Waals surface area contributed by atoms with Crippen molar-refractivity contribution in [2.75, 3.05) is 5.32 Å². The molecule has 1 amide bonds. The Hall–Kier alpha value is -2.58. The molecule has 0 spiro atoms. The fourth-order valence-electron chi connectivity index (χ4n) is 3.21. The van der Waals surface area contributed by atoms with E-state index in [1.54, 1.807) is 18.2 Å². The van der Waals surface area contributed by atoms with Crippen LogP contribution in [0, 0.1) is 20.8 Å². The van der Waals surface area contributed by atoms with Gasteiger partial charge in [-0.2, -0.15) is 0 Å². The molecular weight excluding hydrogens is 406 g/mol. The highest BCUT2D eigenvalue weighted by Crippen LogP contribution is 2.32. The third kappa shape index (κ3) is 4.71. The maximum absolute atomic E-state index is 13.2. The average Bonchev–Trinajstić information content (AvgIpc) is 3.09. The van der Waals surface area contributed by atoms with Crippen molar-refractivity contribution in [1.82, 2.24) is 9.97 Å². The number of sulfone groups is 1. The molecule has 3 rings (SSSR count). The molecule has 0 aliphatic heterocycles. The molecule has 2 heterocycles. The van der Waals surface area contributed by atoms with E-state index in [-0.39, 0.29) is 20.8 Å². The zero-order valence-corrected chi connectivity index (χ0v) is 18.4. The predicted octanol–water partition coefficient (Wildman–Crippen LogP) is 4.25. The molecule has 0 aliphatic rings. The van der Waals surface area contributed by atoms with Crippen LogP contribution in [-0.4, -0.2) is 24.3 Å². The lowest BCUT2D eigenvalue weighted by atomic mass is 10.0. The van der Waals surface area contributed by atoms with E-state index >= 15 is 0 Å². The topological polar surface area (TPSA) is 89.0 Å². The second-order valence-electron chi connectivity index (χ2n) is 6.91. The van der Waals surface area contributed by atoms with E-state index < -0.39 is 15.7 Å². The van der Waals surface area contributed by atoms with E-state index in [1.165, 1.54) is 6.20 Å². The number of nitrogens with one attached hydrogen (secondary N) is 1. The smallest absolute Gasteiger partial charge is 0.276 e. The SMILES string of the molecule is CCc1nc(NC(=O)c2ccccn2)sc1S(=O)(=O)Cc1c(C)cc(C)cc1C. The fraction of sp³-hybridized carbons (Fsp3) is 0.286. The van der Waals surface area contributed by atoms with Gasteiger partial charge in [0.15, 0.2) is 15.0 Å². The van der Waals surface area contributed by atoms with Gasteiger partial charge < -0.3 is 0 Å². The molecule has 1 aromatic carbocycles. The summed E-state index contributed by atoms with van der Waals surface area (Å²) >= 11 is 0.989. The number of benzene rings is 1. The van der Waals surface area contributed by atoms with Crippen LogP contribution in [0.4, 0.5) is 5.13 Å². The summed E-state index contributed by atoms with van der Waals surface area (Å²) < 4.78 is 26.6. The van der Waals surface area contributed by atoms with Crippen LogP contribution in [0.2, 0.25) is 0 Å². The summed E-state index contributed by atoms with van der Waals surface area (Å²) in [5, 5.41) is 2.92. The van der Waals surface area contributed by atoms with Crippen LogP contribution in [-0.2, 0) is 22.0 Å². The van der Waals surface area contributed by atoms with Crippen molar-refractivity contribution in [2.24, 2.45) is 0 Å². The highest BCUT2D eigenvalue weighted by molar-refractivity contribution is 7.92. The van der Waals surface area contributed by atoms with Crippen molar-refractivity contribution in [1.29, 1.82) is 0 Å². The summed E-state index contributed by atoms with van der Waals surface area (Å²) in [4.78, 5) is 20.7. The zero-order valence-electron chi connectivity index (χ0n) is 16.8. The van der Waals surface area contributed by atoms with Crippen molar-refractivity contribution in [3.8, 4) is 0 Å². The van der Waals surface area contributed by atoms with Crippen LogP contribution in [0.1, 0.15) is 45.4 Å². The third-order valence-corrected chi connectivity index (χ3v) is 7.86. The Balaban J connectivity index is 1.91. The molecule has 6 nitrogen and oxygen atoms in total. The zero-order chi connectivity index (χ0) is 21.2. The third-order valence-electron chi connectivity index (χ3n) is 4.57. The maximum Gasteiger partial charge on any atom is 0.276 e. The second-order valence-corrected chi connectivity index (χ2v) is 10.1. The first-order valence-electron chi connectivity index (χ1n) is 9.23. The average molecular weight is 430 g/mol. The number of aromatic nitrogens is 2. The van der Waals surface area contributed by atoms with Crippen molar-refractivity contribution < 1.29 is 13.2 Å². The Morgan fingerprint density at radius 1 is 1.14 bits per heavy atom. The molecule has 0 radical (unpaired) electrons. The highest BCUT2D eigenvalue weighted by atomic mass is 32.2. The number of carbonyl (C=O) groups is 1. The van der Waals surface area contributed by atoms with E-state index in [4.69, 9.17) is 0 Å². The highest BCUT2D eigenvalue weighted by Gasteiger charge is 2.26. The van der Waals surface area contributed by atoms with Crippen molar-refractivity contribution in [3.63, 3.8) is 0 Å². The van der Waals surface area contributed by atoms with Crippen LogP contribution in [0.3, 0.4) is 0 Å². The largest absolute Gasteiger partial charge is 0.296 e. The van der Waals surface area contributed by atoms with Crippen molar-refractivity contribution in [2.45, 2.75) is 44.1 Å². The van der Waals surface area contributed by atoms with Crippen LogP contribution >= 0.6 is 11.3 Å². The Kier molecular flexibility index (Phi) is 6.14. The van der Waals surface area contributed by atoms with Crippen LogP contribution in [0.5, 0.6) is 0 Å². The molecule has 8 heteroatoms. The maximum atomic E-state index is 13.2.